The number of nitrogens with two attached hydrogens (primary N) is 1. The van der Waals surface area contributed by atoms with Gasteiger partial charge in [-0.05, 0) is 36.1 Å². The summed E-state index contributed by atoms with van der Waals surface area (Å²) in [7, 11) is 0. The lowest BCUT2D eigenvalue weighted by atomic mass is 10.1. The maximum atomic E-state index is 11.2. The number of rotatable bonds is 3. The van der Waals surface area contributed by atoms with Crippen LogP contribution in [0.4, 0.5) is 0 Å². The Bertz CT molecular complexity index is 919. The summed E-state index contributed by atoms with van der Waals surface area (Å²) in [6.07, 6.45) is 4.74. The van der Waals surface area contributed by atoms with E-state index in [0.717, 1.165) is 18.4 Å². The fourth-order valence-corrected chi connectivity index (χ4v) is 2.88. The van der Waals surface area contributed by atoms with Crippen LogP contribution in [0.5, 0.6) is 11.6 Å². The number of hydrogen-bond donors (Lipinski definition) is 3. The third-order valence-electron chi connectivity index (χ3n) is 4.05. The molecule has 4 N–H and O–H groups in total. The van der Waals surface area contributed by atoms with Crippen molar-refractivity contribution < 1.29 is 14.6 Å². The molecule has 0 unspecified atom stereocenters. The summed E-state index contributed by atoms with van der Waals surface area (Å²) in [6.45, 7) is 0. The molecule has 0 saturated carbocycles. The fraction of sp³-hybridized carbons (Fsp3) is 0.188. The number of carboxylic acid groups (broad SMARTS) is 1. The zero-order valence-corrected chi connectivity index (χ0v) is 12.1. The van der Waals surface area contributed by atoms with Crippen LogP contribution in [0.2, 0.25) is 0 Å². The van der Waals surface area contributed by atoms with Gasteiger partial charge in [-0.25, -0.2) is 14.8 Å². The van der Waals surface area contributed by atoms with E-state index in [1.54, 1.807) is 0 Å². The molecule has 0 spiro atoms. The van der Waals surface area contributed by atoms with E-state index in [-0.39, 0.29) is 23.0 Å². The first kappa shape index (κ1) is 13.7. The van der Waals surface area contributed by atoms with Gasteiger partial charge in [0.05, 0.1) is 6.20 Å². The predicted octanol–water partition coefficient (Wildman–Crippen LogP) is 2.39. The number of aromatic amines is 1. The van der Waals surface area contributed by atoms with Gasteiger partial charge in [0, 0.05) is 12.2 Å². The van der Waals surface area contributed by atoms with Crippen LogP contribution in [0.25, 0.3) is 11.2 Å². The van der Waals surface area contributed by atoms with E-state index in [1.165, 1.54) is 18.0 Å². The van der Waals surface area contributed by atoms with Gasteiger partial charge >= 0.3 is 5.97 Å². The Morgan fingerprint density at radius 3 is 3.13 bits per heavy atom. The van der Waals surface area contributed by atoms with Gasteiger partial charge in [-0.15, -0.1) is 0 Å². The number of aromatic nitrogens is 3. The minimum absolute atomic E-state index is 0.0328. The fourth-order valence-electron chi connectivity index (χ4n) is 2.88. The number of hydrogen-bond acceptors (Lipinski definition) is 5. The molecule has 2 heterocycles. The first-order chi connectivity index (χ1) is 11.1. The average Bonchev–Trinajstić information content (AvgIpc) is 3.11. The highest BCUT2D eigenvalue weighted by Crippen LogP contribution is 2.33. The van der Waals surface area contributed by atoms with Crippen molar-refractivity contribution in [3.05, 3.63) is 47.3 Å². The summed E-state index contributed by atoms with van der Waals surface area (Å²) in [5, 5.41) is 9.14. The van der Waals surface area contributed by atoms with Crippen molar-refractivity contribution >= 4 is 17.1 Å². The van der Waals surface area contributed by atoms with Gasteiger partial charge in [0.15, 0.2) is 5.65 Å². The van der Waals surface area contributed by atoms with Gasteiger partial charge in [-0.3, -0.25) is 0 Å². The van der Waals surface area contributed by atoms with Crippen molar-refractivity contribution in [2.75, 3.05) is 0 Å². The van der Waals surface area contributed by atoms with Crippen LogP contribution in [0.15, 0.2) is 30.6 Å². The number of aryl methyl sites for hydroxylation is 1. The van der Waals surface area contributed by atoms with Crippen molar-refractivity contribution in [2.24, 2.45) is 5.73 Å². The molecular weight excluding hydrogens is 296 g/mol. The zero-order chi connectivity index (χ0) is 16.0. The van der Waals surface area contributed by atoms with Crippen LogP contribution in [-0.2, 0) is 6.42 Å². The molecule has 0 aliphatic heterocycles. The minimum Gasteiger partial charge on any atom is -0.478 e. The van der Waals surface area contributed by atoms with Crippen molar-refractivity contribution in [2.45, 2.75) is 18.9 Å². The first-order valence-electron chi connectivity index (χ1n) is 7.25. The van der Waals surface area contributed by atoms with Crippen LogP contribution >= 0.6 is 0 Å². The predicted molar refractivity (Wildman–Crippen MR) is 82.6 cm³/mol. The van der Waals surface area contributed by atoms with Crippen molar-refractivity contribution in [1.82, 2.24) is 15.0 Å². The molecule has 0 amide bonds. The smallest absolute Gasteiger partial charge is 0.339 e. The SMILES string of the molecule is N[C@@H]1CCc2ccc(Oc3cnc4[nH]cc(C(=O)O)c4n3)cc21. The summed E-state index contributed by atoms with van der Waals surface area (Å²) >= 11 is 0. The van der Waals surface area contributed by atoms with Crippen LogP contribution in [0.3, 0.4) is 0 Å². The number of ether oxygens (including phenoxy) is 1. The van der Waals surface area contributed by atoms with E-state index in [0.29, 0.717) is 11.4 Å². The van der Waals surface area contributed by atoms with E-state index in [9.17, 15) is 4.79 Å². The molecule has 0 saturated heterocycles. The van der Waals surface area contributed by atoms with Gasteiger partial charge in [-0.2, -0.15) is 0 Å². The molecule has 1 aliphatic carbocycles. The molecule has 1 atom stereocenters. The lowest BCUT2D eigenvalue weighted by Gasteiger charge is -2.09. The van der Waals surface area contributed by atoms with Gasteiger partial charge in [0.2, 0.25) is 5.88 Å². The molecule has 116 valence electrons. The Hall–Kier alpha value is -2.93. The summed E-state index contributed by atoms with van der Waals surface area (Å²) in [4.78, 5) is 22.3. The molecule has 1 aromatic carbocycles. The Morgan fingerprint density at radius 2 is 2.30 bits per heavy atom. The van der Waals surface area contributed by atoms with E-state index >= 15 is 0 Å². The van der Waals surface area contributed by atoms with E-state index in [2.05, 4.69) is 15.0 Å². The number of aromatic carboxylic acids is 1. The van der Waals surface area contributed by atoms with Gasteiger partial charge in [-0.1, -0.05) is 6.07 Å². The molecule has 23 heavy (non-hydrogen) atoms. The molecule has 7 heteroatoms. The highest BCUT2D eigenvalue weighted by atomic mass is 16.5. The number of fused-ring (bicyclic) bond motifs is 2. The molecule has 0 fully saturated rings. The Kier molecular flexibility index (Phi) is 3.02. The topological polar surface area (TPSA) is 114 Å². The van der Waals surface area contributed by atoms with Crippen molar-refractivity contribution in [3.8, 4) is 11.6 Å². The van der Waals surface area contributed by atoms with Gasteiger partial charge < -0.3 is 20.6 Å². The lowest BCUT2D eigenvalue weighted by Crippen LogP contribution is -2.05. The number of carboxylic acids is 1. The molecule has 2 aromatic heterocycles. The third-order valence-corrected chi connectivity index (χ3v) is 4.05. The maximum absolute atomic E-state index is 11.2. The number of nitrogens with one attached hydrogen (secondary N) is 1. The van der Waals surface area contributed by atoms with Gasteiger partial charge in [0.25, 0.3) is 0 Å². The van der Waals surface area contributed by atoms with Crippen LogP contribution < -0.4 is 10.5 Å². The Labute approximate surface area is 131 Å². The highest BCUT2D eigenvalue weighted by molar-refractivity contribution is 6.00. The quantitative estimate of drug-likeness (QED) is 0.684. The standard InChI is InChI=1S/C16H14N4O3/c17-12-4-2-8-1-3-9(5-10(8)12)23-13-7-19-15-14(20-13)11(6-18-15)16(21)22/h1,3,5-7,12H,2,4,17H2,(H,18,19)(H,21,22)/t12-/m1/s1. The molecule has 4 rings (SSSR count). The van der Waals surface area contributed by atoms with Crippen molar-refractivity contribution in [3.63, 3.8) is 0 Å². The molecule has 3 aromatic rings. The second kappa shape index (κ2) is 5.06. The van der Waals surface area contributed by atoms with E-state index < -0.39 is 5.97 Å². The van der Waals surface area contributed by atoms with Crippen LogP contribution in [0, 0.1) is 0 Å². The molecular formula is C16H14N4O3. The maximum Gasteiger partial charge on any atom is 0.339 e. The van der Waals surface area contributed by atoms with Gasteiger partial charge in [0.1, 0.15) is 16.8 Å². The van der Waals surface area contributed by atoms with Crippen molar-refractivity contribution in [1.29, 1.82) is 0 Å². The zero-order valence-electron chi connectivity index (χ0n) is 12.1. The Balaban J connectivity index is 1.69. The number of benzene rings is 1. The molecule has 0 bridgehead atoms. The highest BCUT2D eigenvalue weighted by Gasteiger charge is 2.20. The minimum atomic E-state index is -1.06. The largest absolute Gasteiger partial charge is 0.478 e. The molecule has 1 aliphatic rings. The third kappa shape index (κ3) is 2.31. The van der Waals surface area contributed by atoms with E-state index in [4.69, 9.17) is 15.6 Å². The molecule has 0 radical (unpaired) electrons. The molecule has 7 nitrogen and oxygen atoms in total. The summed E-state index contributed by atoms with van der Waals surface area (Å²) in [5.41, 5.74) is 9.14. The second-order valence-corrected chi connectivity index (χ2v) is 5.52. The average molecular weight is 310 g/mol. The Morgan fingerprint density at radius 1 is 1.43 bits per heavy atom. The second-order valence-electron chi connectivity index (χ2n) is 5.52. The first-order valence-corrected chi connectivity index (χ1v) is 7.25. The van der Waals surface area contributed by atoms with Crippen LogP contribution in [-0.4, -0.2) is 26.0 Å². The summed E-state index contributed by atoms with van der Waals surface area (Å²) in [6, 6.07) is 5.81. The van der Waals surface area contributed by atoms with E-state index in [1.807, 2.05) is 18.2 Å². The number of H-pyrrole nitrogens is 1. The summed E-state index contributed by atoms with van der Waals surface area (Å²) in [5.74, 6) is -0.209. The normalized spacial score (nSPS) is 16.5. The number of carbonyl (C=O) groups is 1. The number of nitrogens with zero attached hydrogens (tertiary/aromatic N) is 2. The monoisotopic (exact) mass is 310 g/mol. The van der Waals surface area contributed by atoms with Crippen LogP contribution in [0.1, 0.15) is 33.9 Å². The summed E-state index contributed by atoms with van der Waals surface area (Å²) < 4.78 is 5.73. The lowest BCUT2D eigenvalue weighted by molar-refractivity contribution is 0.0699.